The number of aromatic nitrogens is 1. The van der Waals surface area contributed by atoms with E-state index >= 15 is 0 Å². The van der Waals surface area contributed by atoms with E-state index in [0.717, 1.165) is 10.2 Å². The van der Waals surface area contributed by atoms with Crippen LogP contribution in [0.1, 0.15) is 22.7 Å². The third-order valence-corrected chi connectivity index (χ3v) is 4.18. The Kier molecular flexibility index (Phi) is 3.23. The van der Waals surface area contributed by atoms with Crippen LogP contribution in [-0.2, 0) is 0 Å². The number of thiophene rings is 1. The number of halogens is 2. The zero-order valence-corrected chi connectivity index (χ0v) is 11.5. The lowest BCUT2D eigenvalue weighted by atomic mass is 9.99. The van der Waals surface area contributed by atoms with Crippen molar-refractivity contribution in [3.63, 3.8) is 0 Å². The molecule has 20 heavy (non-hydrogen) atoms. The predicted octanol–water partition coefficient (Wildman–Crippen LogP) is 3.93. The topological polar surface area (TPSA) is 38.9 Å². The lowest BCUT2D eigenvalue weighted by Gasteiger charge is -2.14. The molecule has 2 heterocycles. The van der Waals surface area contributed by atoms with Crippen molar-refractivity contribution in [3.8, 4) is 0 Å². The maximum Gasteiger partial charge on any atom is 0.164 e. The third-order valence-electron chi connectivity index (χ3n) is 3.32. The van der Waals surface area contributed by atoms with Gasteiger partial charge in [0.2, 0.25) is 0 Å². The van der Waals surface area contributed by atoms with Gasteiger partial charge in [-0.2, -0.15) is 0 Å². The van der Waals surface area contributed by atoms with Crippen LogP contribution in [0.2, 0.25) is 0 Å². The molecular weight excluding hydrogens is 278 g/mol. The summed E-state index contributed by atoms with van der Waals surface area (Å²) in [5.74, 6) is -1.73. The summed E-state index contributed by atoms with van der Waals surface area (Å²) in [6.45, 7) is 1.52. The highest BCUT2D eigenvalue weighted by molar-refractivity contribution is 7.17. The number of hydrogen-bond donors (Lipinski definition) is 1. The Morgan fingerprint density at radius 1 is 1.20 bits per heavy atom. The Bertz CT molecular complexity index is 783. The largest absolute Gasteiger partial charge is 0.320 e. The van der Waals surface area contributed by atoms with Gasteiger partial charge in [-0.15, -0.1) is 11.3 Å². The fraction of sp³-hybridized carbons (Fsp3) is 0.133. The highest BCUT2D eigenvalue weighted by Gasteiger charge is 2.18. The Hall–Kier alpha value is -1.85. The minimum Gasteiger partial charge on any atom is -0.320 e. The van der Waals surface area contributed by atoms with Gasteiger partial charge >= 0.3 is 0 Å². The van der Waals surface area contributed by atoms with Gasteiger partial charge in [0.15, 0.2) is 11.6 Å². The van der Waals surface area contributed by atoms with Gasteiger partial charge in [-0.05, 0) is 35.6 Å². The van der Waals surface area contributed by atoms with Gasteiger partial charge in [-0.25, -0.2) is 8.78 Å². The molecule has 0 fully saturated rings. The molecular formula is C15H12F2N2S. The number of hydrogen-bond acceptors (Lipinski definition) is 3. The van der Waals surface area contributed by atoms with Crippen molar-refractivity contribution in [2.75, 3.05) is 0 Å². The fourth-order valence-corrected chi connectivity index (χ4v) is 2.90. The lowest BCUT2D eigenvalue weighted by molar-refractivity contribution is 0.489. The average molecular weight is 290 g/mol. The van der Waals surface area contributed by atoms with Crippen molar-refractivity contribution >= 4 is 21.6 Å². The van der Waals surface area contributed by atoms with Gasteiger partial charge in [-0.1, -0.05) is 12.1 Å². The summed E-state index contributed by atoms with van der Waals surface area (Å²) in [5.41, 5.74) is 8.01. The first-order chi connectivity index (χ1) is 9.58. The zero-order chi connectivity index (χ0) is 14.3. The molecule has 0 spiro atoms. The number of nitrogens with zero attached hydrogens (tertiary/aromatic N) is 1. The molecule has 102 valence electrons. The molecule has 3 aromatic rings. The monoisotopic (exact) mass is 290 g/mol. The minimum atomic E-state index is -0.885. The molecule has 0 saturated carbocycles. The zero-order valence-electron chi connectivity index (χ0n) is 10.7. The van der Waals surface area contributed by atoms with E-state index in [4.69, 9.17) is 5.73 Å². The molecule has 0 aliphatic carbocycles. The summed E-state index contributed by atoms with van der Waals surface area (Å²) in [6, 6.07) is 6.10. The first kappa shape index (κ1) is 13.1. The molecule has 1 aromatic carbocycles. The summed E-state index contributed by atoms with van der Waals surface area (Å²) in [7, 11) is 0. The maximum absolute atomic E-state index is 14.0. The third kappa shape index (κ3) is 2.09. The van der Waals surface area contributed by atoms with E-state index in [-0.39, 0.29) is 11.1 Å². The molecule has 0 amide bonds. The van der Waals surface area contributed by atoms with Crippen molar-refractivity contribution < 1.29 is 8.78 Å². The SMILES string of the molecule is Cc1ccc(C(N)c2cnc3ccsc3c2)c(F)c1F. The highest BCUT2D eigenvalue weighted by atomic mass is 32.1. The van der Waals surface area contributed by atoms with E-state index in [9.17, 15) is 8.78 Å². The Morgan fingerprint density at radius 2 is 2.00 bits per heavy atom. The van der Waals surface area contributed by atoms with Crippen molar-refractivity contribution in [3.05, 3.63) is 64.2 Å². The van der Waals surface area contributed by atoms with Crippen LogP contribution in [0.5, 0.6) is 0 Å². The molecule has 0 aliphatic heterocycles. The molecule has 2 aromatic heterocycles. The quantitative estimate of drug-likeness (QED) is 0.776. The van der Waals surface area contributed by atoms with Crippen molar-refractivity contribution in [1.82, 2.24) is 4.98 Å². The molecule has 1 unspecified atom stereocenters. The van der Waals surface area contributed by atoms with Crippen LogP contribution in [0, 0.1) is 18.6 Å². The summed E-state index contributed by atoms with van der Waals surface area (Å²) in [4.78, 5) is 4.27. The van der Waals surface area contributed by atoms with Crippen LogP contribution in [0.4, 0.5) is 8.78 Å². The van der Waals surface area contributed by atoms with Crippen LogP contribution in [-0.4, -0.2) is 4.98 Å². The van der Waals surface area contributed by atoms with E-state index in [0.29, 0.717) is 5.56 Å². The van der Waals surface area contributed by atoms with Crippen LogP contribution < -0.4 is 5.73 Å². The van der Waals surface area contributed by atoms with Crippen molar-refractivity contribution in [1.29, 1.82) is 0 Å². The van der Waals surface area contributed by atoms with Gasteiger partial charge in [0.1, 0.15) is 0 Å². The molecule has 0 saturated heterocycles. The van der Waals surface area contributed by atoms with Crippen molar-refractivity contribution in [2.24, 2.45) is 5.73 Å². The first-order valence-corrected chi connectivity index (χ1v) is 6.99. The second-order valence-corrected chi connectivity index (χ2v) is 5.60. The molecule has 3 rings (SSSR count). The molecule has 0 radical (unpaired) electrons. The normalized spacial score (nSPS) is 12.8. The van der Waals surface area contributed by atoms with Crippen LogP contribution in [0.3, 0.4) is 0 Å². The van der Waals surface area contributed by atoms with Crippen LogP contribution in [0.15, 0.2) is 35.8 Å². The van der Waals surface area contributed by atoms with Gasteiger partial charge in [0, 0.05) is 11.8 Å². The Labute approximate surface area is 118 Å². The molecule has 2 N–H and O–H groups in total. The number of nitrogens with two attached hydrogens (primary N) is 1. The van der Waals surface area contributed by atoms with E-state index in [1.807, 2.05) is 17.5 Å². The average Bonchev–Trinajstić information content (AvgIpc) is 2.91. The Morgan fingerprint density at radius 3 is 2.80 bits per heavy atom. The van der Waals surface area contributed by atoms with Crippen LogP contribution >= 0.6 is 11.3 Å². The lowest BCUT2D eigenvalue weighted by Crippen LogP contribution is -2.15. The molecule has 2 nitrogen and oxygen atoms in total. The minimum absolute atomic E-state index is 0.144. The van der Waals surface area contributed by atoms with Crippen molar-refractivity contribution in [2.45, 2.75) is 13.0 Å². The smallest absolute Gasteiger partial charge is 0.164 e. The fourth-order valence-electron chi connectivity index (χ4n) is 2.11. The van der Waals surface area contributed by atoms with Gasteiger partial charge in [-0.3, -0.25) is 4.98 Å². The van der Waals surface area contributed by atoms with Gasteiger partial charge in [0.25, 0.3) is 0 Å². The van der Waals surface area contributed by atoms with E-state index in [1.54, 1.807) is 6.20 Å². The van der Waals surface area contributed by atoms with E-state index < -0.39 is 17.7 Å². The van der Waals surface area contributed by atoms with Crippen LogP contribution in [0.25, 0.3) is 10.2 Å². The molecule has 0 bridgehead atoms. The number of rotatable bonds is 2. The number of benzene rings is 1. The second-order valence-electron chi connectivity index (χ2n) is 4.65. The maximum atomic E-state index is 14.0. The standard InChI is InChI=1S/C15H12F2N2S/c1-8-2-3-10(14(17)13(8)16)15(18)9-6-12-11(19-7-9)4-5-20-12/h2-7,15H,18H2,1H3. The number of aryl methyl sites for hydroxylation is 1. The summed E-state index contributed by atoms with van der Waals surface area (Å²) >= 11 is 1.54. The van der Waals surface area contributed by atoms with E-state index in [2.05, 4.69) is 4.98 Å². The number of fused-ring (bicyclic) bond motifs is 1. The summed E-state index contributed by atoms with van der Waals surface area (Å²) in [5, 5.41) is 1.93. The number of pyridine rings is 1. The highest BCUT2D eigenvalue weighted by Crippen LogP contribution is 2.28. The second kappa shape index (κ2) is 4.92. The molecule has 0 aliphatic rings. The van der Waals surface area contributed by atoms with E-state index in [1.165, 1.54) is 30.4 Å². The van der Waals surface area contributed by atoms with Gasteiger partial charge in [0.05, 0.1) is 16.3 Å². The Balaban J connectivity index is 2.07. The first-order valence-electron chi connectivity index (χ1n) is 6.11. The molecule has 1 atom stereocenters. The van der Waals surface area contributed by atoms with Gasteiger partial charge < -0.3 is 5.73 Å². The summed E-state index contributed by atoms with van der Waals surface area (Å²) in [6.07, 6.45) is 1.61. The summed E-state index contributed by atoms with van der Waals surface area (Å²) < 4.78 is 28.6. The predicted molar refractivity (Wildman–Crippen MR) is 76.7 cm³/mol. The molecule has 5 heteroatoms.